The van der Waals surface area contributed by atoms with Crippen molar-refractivity contribution in [2.24, 2.45) is 0 Å². The van der Waals surface area contributed by atoms with E-state index in [0.717, 1.165) is 5.56 Å². The molecule has 0 N–H and O–H groups in total. The second-order valence-electron chi connectivity index (χ2n) is 2.71. The molecule has 64 valence electrons. The Morgan fingerprint density at radius 2 is 2.15 bits per heavy atom. The molecule has 1 aromatic heterocycles. The zero-order valence-corrected chi connectivity index (χ0v) is 6.99. The molecule has 0 aliphatic rings. The highest BCUT2D eigenvalue weighted by atomic mass is 14.7. The summed E-state index contributed by atoms with van der Waals surface area (Å²) in [5, 5.41) is 0. The number of aromatic nitrogens is 1. The van der Waals surface area contributed by atoms with Gasteiger partial charge < -0.3 is 0 Å². The van der Waals surface area contributed by atoms with Crippen LogP contribution in [0, 0.1) is 6.85 Å². The molecule has 0 atom stereocenters. The van der Waals surface area contributed by atoms with Crippen molar-refractivity contribution in [3.63, 3.8) is 0 Å². The van der Waals surface area contributed by atoms with E-state index in [9.17, 15) is 0 Å². The number of pyridine rings is 1. The fourth-order valence-corrected chi connectivity index (χ4v) is 1.15. The molecule has 0 fully saturated rings. The highest BCUT2D eigenvalue weighted by Gasteiger charge is 1.96. The van der Waals surface area contributed by atoms with Gasteiger partial charge in [0.05, 0.1) is 7.06 Å². The fraction of sp³-hybridized carbons (Fsp3) is 0.0833. The van der Waals surface area contributed by atoms with Crippen LogP contribution in [0.15, 0.2) is 48.6 Å². The van der Waals surface area contributed by atoms with E-state index >= 15 is 0 Å². The highest BCUT2D eigenvalue weighted by molar-refractivity contribution is 5.59. The molecule has 0 spiro atoms. The van der Waals surface area contributed by atoms with E-state index in [4.69, 9.17) is 5.48 Å². The van der Waals surface area contributed by atoms with Gasteiger partial charge in [0.1, 0.15) is 0 Å². The molecular weight excluding hydrogens is 158 g/mol. The lowest BCUT2D eigenvalue weighted by molar-refractivity contribution is 1.29. The number of rotatable bonds is 1. The first-order chi connectivity index (χ1) is 7.98. The van der Waals surface area contributed by atoms with Crippen LogP contribution in [0.3, 0.4) is 0 Å². The maximum absolute atomic E-state index is 7.56. The van der Waals surface area contributed by atoms with E-state index in [-0.39, 0.29) is 11.6 Å². The third-order valence-corrected chi connectivity index (χ3v) is 1.77. The Labute approximate surface area is 83.7 Å². The predicted molar refractivity (Wildman–Crippen MR) is 54.4 cm³/mol. The van der Waals surface area contributed by atoms with Crippen molar-refractivity contribution in [3.8, 4) is 11.3 Å². The number of aryl methyl sites for hydroxylation is 1. The molecule has 2 aromatic rings. The standard InChI is InChI=1S/C12H11N/c1-10-7-8-13-12(9-10)11-5-3-2-4-6-11/h2-9H,1H3/i1D3,7D. The smallest absolute Gasteiger partial charge is 0.0704 e. The average molecular weight is 173 g/mol. The summed E-state index contributed by atoms with van der Waals surface area (Å²) in [5.74, 6) is 0. The summed E-state index contributed by atoms with van der Waals surface area (Å²) in [4.78, 5) is 4.09. The van der Waals surface area contributed by atoms with Gasteiger partial charge in [-0.25, -0.2) is 0 Å². The summed E-state index contributed by atoms with van der Waals surface area (Å²) in [5.41, 5.74) is 1.46. The van der Waals surface area contributed by atoms with Gasteiger partial charge in [0.2, 0.25) is 0 Å². The second-order valence-corrected chi connectivity index (χ2v) is 2.71. The topological polar surface area (TPSA) is 12.9 Å². The first kappa shape index (κ1) is 4.56. The van der Waals surface area contributed by atoms with Gasteiger partial charge in [-0.3, -0.25) is 4.98 Å². The third kappa shape index (κ3) is 1.75. The van der Waals surface area contributed by atoms with E-state index in [1.807, 2.05) is 30.3 Å². The van der Waals surface area contributed by atoms with Gasteiger partial charge in [-0.05, 0) is 24.5 Å². The van der Waals surface area contributed by atoms with Crippen molar-refractivity contribution in [2.75, 3.05) is 0 Å². The molecule has 2 rings (SSSR count). The van der Waals surface area contributed by atoms with E-state index in [1.54, 1.807) is 0 Å². The van der Waals surface area contributed by atoms with E-state index in [2.05, 4.69) is 4.98 Å². The number of hydrogen-bond acceptors (Lipinski definition) is 1. The van der Waals surface area contributed by atoms with Gasteiger partial charge in [0, 0.05) is 15.9 Å². The summed E-state index contributed by atoms with van der Waals surface area (Å²) in [6.45, 7) is -2.27. The molecule has 1 heterocycles. The molecule has 0 saturated carbocycles. The monoisotopic (exact) mass is 173 g/mol. The highest BCUT2D eigenvalue weighted by Crippen LogP contribution is 2.16. The molecule has 0 aliphatic heterocycles. The van der Waals surface area contributed by atoms with Crippen LogP contribution in [0.1, 0.15) is 11.0 Å². The number of benzene rings is 1. The van der Waals surface area contributed by atoms with Crippen LogP contribution in [0.5, 0.6) is 0 Å². The zero-order valence-electron chi connectivity index (χ0n) is 11.0. The van der Waals surface area contributed by atoms with Crippen LogP contribution in [-0.2, 0) is 0 Å². The first-order valence-corrected chi connectivity index (χ1v) is 4.01. The third-order valence-electron chi connectivity index (χ3n) is 1.77. The molecule has 0 bridgehead atoms. The van der Waals surface area contributed by atoms with Crippen molar-refractivity contribution >= 4 is 0 Å². The van der Waals surface area contributed by atoms with Gasteiger partial charge in [-0.1, -0.05) is 30.3 Å². The Morgan fingerprint density at radius 3 is 2.92 bits per heavy atom. The van der Waals surface area contributed by atoms with E-state index < -0.39 is 6.85 Å². The maximum Gasteiger partial charge on any atom is 0.0704 e. The van der Waals surface area contributed by atoms with Gasteiger partial charge in [-0.2, -0.15) is 0 Å². The molecule has 1 aromatic carbocycles. The Kier molecular flexibility index (Phi) is 1.19. The minimum Gasteiger partial charge on any atom is -0.256 e. The van der Waals surface area contributed by atoms with E-state index in [1.165, 1.54) is 12.3 Å². The molecule has 0 saturated heterocycles. The molecule has 13 heavy (non-hydrogen) atoms. The average Bonchev–Trinajstić information content (AvgIpc) is 2.29. The summed E-state index contributed by atoms with van der Waals surface area (Å²) < 4.78 is 29.6. The number of nitrogens with zero attached hydrogens (tertiary/aromatic N) is 1. The van der Waals surface area contributed by atoms with Crippen molar-refractivity contribution in [1.29, 1.82) is 0 Å². The lowest BCUT2D eigenvalue weighted by atomic mass is 10.1. The van der Waals surface area contributed by atoms with Gasteiger partial charge in [0.15, 0.2) is 0 Å². The van der Waals surface area contributed by atoms with Crippen LogP contribution < -0.4 is 0 Å². The molecular formula is C12H11N. The second kappa shape index (κ2) is 3.40. The summed E-state index contributed by atoms with van der Waals surface area (Å²) in [6.07, 6.45) is 1.28. The fourth-order valence-electron chi connectivity index (χ4n) is 1.15. The number of hydrogen-bond donors (Lipinski definition) is 0. The van der Waals surface area contributed by atoms with Crippen molar-refractivity contribution < 1.29 is 5.48 Å². The Balaban J connectivity index is 2.53. The Morgan fingerprint density at radius 1 is 1.31 bits per heavy atom. The summed E-state index contributed by atoms with van der Waals surface area (Å²) >= 11 is 0. The predicted octanol–water partition coefficient (Wildman–Crippen LogP) is 3.06. The largest absolute Gasteiger partial charge is 0.256 e. The van der Waals surface area contributed by atoms with Crippen LogP contribution in [0.4, 0.5) is 0 Å². The lowest BCUT2D eigenvalue weighted by Crippen LogP contribution is -1.82. The van der Waals surface area contributed by atoms with E-state index in [0.29, 0.717) is 5.69 Å². The van der Waals surface area contributed by atoms with Crippen LogP contribution >= 0.6 is 0 Å². The Hall–Kier alpha value is -1.63. The van der Waals surface area contributed by atoms with Crippen molar-refractivity contribution in [3.05, 3.63) is 54.2 Å². The minimum absolute atomic E-state index is 0.0337. The van der Waals surface area contributed by atoms with Crippen LogP contribution in [-0.4, -0.2) is 4.98 Å². The van der Waals surface area contributed by atoms with Crippen LogP contribution in [0.2, 0.25) is 0 Å². The van der Waals surface area contributed by atoms with Crippen molar-refractivity contribution in [2.45, 2.75) is 6.85 Å². The molecule has 0 unspecified atom stereocenters. The lowest BCUT2D eigenvalue weighted by Gasteiger charge is -2.00. The summed E-state index contributed by atoms with van der Waals surface area (Å²) in [7, 11) is 0. The molecule has 1 nitrogen and oxygen atoms in total. The molecule has 0 amide bonds. The maximum atomic E-state index is 7.56. The van der Waals surface area contributed by atoms with Crippen LogP contribution in [0.25, 0.3) is 11.3 Å². The van der Waals surface area contributed by atoms with Gasteiger partial charge >= 0.3 is 0 Å². The zero-order chi connectivity index (χ0) is 12.5. The van der Waals surface area contributed by atoms with Crippen molar-refractivity contribution in [1.82, 2.24) is 4.98 Å². The Bertz CT molecular complexity index is 520. The minimum atomic E-state index is -2.27. The molecule has 1 heteroatoms. The van der Waals surface area contributed by atoms with Gasteiger partial charge in [0.25, 0.3) is 0 Å². The molecule has 0 aliphatic carbocycles. The summed E-state index contributed by atoms with van der Waals surface area (Å²) in [6, 6.07) is 10.7. The normalized spacial score (nSPS) is 15.4. The molecule has 0 radical (unpaired) electrons. The van der Waals surface area contributed by atoms with Gasteiger partial charge in [-0.15, -0.1) is 0 Å². The quantitative estimate of drug-likeness (QED) is 0.646. The first-order valence-electron chi connectivity index (χ1n) is 6.01. The SMILES string of the molecule is [2H]c1cnc(-c2ccccc2)cc1C([2H])([2H])[2H].